The Balaban J connectivity index is 1.66. The van der Waals surface area contributed by atoms with Crippen molar-refractivity contribution in [1.29, 1.82) is 0 Å². The van der Waals surface area contributed by atoms with Crippen LogP contribution in [0, 0.1) is 0 Å². The molecule has 0 spiro atoms. The van der Waals surface area contributed by atoms with Crippen LogP contribution in [-0.2, 0) is 11.3 Å². The summed E-state index contributed by atoms with van der Waals surface area (Å²) in [6.45, 7) is 2.12. The number of hydrogen-bond acceptors (Lipinski definition) is 4. The second-order valence-corrected chi connectivity index (χ2v) is 6.78. The van der Waals surface area contributed by atoms with Crippen molar-refractivity contribution >= 4 is 29.1 Å². The Labute approximate surface area is 174 Å². The molecule has 1 N–H and O–H groups in total. The maximum absolute atomic E-state index is 12.3. The van der Waals surface area contributed by atoms with Gasteiger partial charge in [0.2, 0.25) is 5.91 Å². The van der Waals surface area contributed by atoms with E-state index in [0.717, 1.165) is 22.5 Å². The average Bonchev–Trinajstić information content (AvgIpc) is 2.77. The summed E-state index contributed by atoms with van der Waals surface area (Å²) in [7, 11) is 1.76. The molecule has 3 aromatic rings. The minimum Gasteiger partial charge on any atom is -0.348 e. The molecule has 0 aliphatic carbocycles. The van der Waals surface area contributed by atoms with Gasteiger partial charge in [0, 0.05) is 49.2 Å². The van der Waals surface area contributed by atoms with Crippen LogP contribution in [0.1, 0.15) is 29.3 Å². The molecule has 7 heteroatoms. The molecule has 0 aliphatic rings. The summed E-state index contributed by atoms with van der Waals surface area (Å²) in [5.41, 5.74) is 3.68. The van der Waals surface area contributed by atoms with Crippen LogP contribution in [-0.4, -0.2) is 28.8 Å². The largest absolute Gasteiger partial charge is 0.348 e. The molecule has 0 radical (unpaired) electrons. The first-order valence-electron chi connectivity index (χ1n) is 9.20. The van der Waals surface area contributed by atoms with Crippen LogP contribution in [0.4, 0.5) is 5.69 Å². The van der Waals surface area contributed by atoms with Gasteiger partial charge < -0.3 is 10.2 Å². The molecule has 29 heavy (non-hydrogen) atoms. The van der Waals surface area contributed by atoms with E-state index >= 15 is 0 Å². The van der Waals surface area contributed by atoms with E-state index in [-0.39, 0.29) is 11.8 Å². The number of nitrogens with zero attached hydrogens (tertiary/aromatic N) is 3. The number of pyridine rings is 2. The molecule has 0 unspecified atom stereocenters. The summed E-state index contributed by atoms with van der Waals surface area (Å²) in [4.78, 5) is 34.1. The molecule has 0 bridgehead atoms. The Hall–Kier alpha value is -3.25. The first-order chi connectivity index (χ1) is 14.0. The molecule has 0 saturated heterocycles. The fourth-order valence-corrected chi connectivity index (χ4v) is 2.95. The third-order valence-electron chi connectivity index (χ3n) is 4.53. The third-order valence-corrected chi connectivity index (χ3v) is 4.87. The summed E-state index contributed by atoms with van der Waals surface area (Å²) in [6, 6.07) is 14.7. The van der Waals surface area contributed by atoms with Crippen LogP contribution >= 0.6 is 11.6 Å². The second-order valence-electron chi connectivity index (χ2n) is 6.42. The highest BCUT2D eigenvalue weighted by atomic mass is 35.5. The van der Waals surface area contributed by atoms with E-state index in [0.29, 0.717) is 23.7 Å². The number of rotatable bonds is 6. The number of carbonyl (C=O) groups excluding carboxylic acids is 2. The Morgan fingerprint density at radius 3 is 2.45 bits per heavy atom. The molecule has 2 heterocycles. The Kier molecular flexibility index (Phi) is 6.57. The molecule has 148 valence electrons. The molecule has 3 rings (SSSR count). The van der Waals surface area contributed by atoms with Crippen molar-refractivity contribution < 1.29 is 9.59 Å². The topological polar surface area (TPSA) is 75.2 Å². The summed E-state index contributed by atoms with van der Waals surface area (Å²) < 4.78 is 0. The molecule has 1 aromatic carbocycles. The van der Waals surface area contributed by atoms with E-state index in [2.05, 4.69) is 15.3 Å². The van der Waals surface area contributed by atoms with Crippen molar-refractivity contribution in [3.63, 3.8) is 0 Å². The first-order valence-corrected chi connectivity index (χ1v) is 9.58. The lowest BCUT2D eigenvalue weighted by Crippen LogP contribution is -2.24. The van der Waals surface area contributed by atoms with Crippen molar-refractivity contribution in [1.82, 2.24) is 15.3 Å². The minimum absolute atomic E-state index is 0.0545. The predicted octanol–water partition coefficient (Wildman–Crippen LogP) is 4.10. The van der Waals surface area contributed by atoms with Crippen molar-refractivity contribution in [3.8, 4) is 11.3 Å². The molecule has 6 nitrogen and oxygen atoms in total. The SMILES string of the molecule is CCC(=O)N(C)c1ccc(-c2ccc(C(=O)NCc3cccnc3Cl)cn2)cc1. The van der Waals surface area contributed by atoms with E-state index in [1.54, 1.807) is 36.3 Å². The smallest absolute Gasteiger partial charge is 0.253 e. The number of aromatic nitrogens is 2. The van der Waals surface area contributed by atoms with Crippen LogP contribution in [0.2, 0.25) is 5.15 Å². The maximum atomic E-state index is 12.3. The van der Waals surface area contributed by atoms with Gasteiger partial charge in [-0.1, -0.05) is 36.7 Å². The number of hydrogen-bond donors (Lipinski definition) is 1. The second kappa shape index (κ2) is 9.30. The maximum Gasteiger partial charge on any atom is 0.253 e. The lowest BCUT2D eigenvalue weighted by molar-refractivity contribution is -0.118. The molecule has 0 atom stereocenters. The summed E-state index contributed by atoms with van der Waals surface area (Å²) >= 11 is 6.00. The minimum atomic E-state index is -0.237. The standard InChI is InChI=1S/C22H21ClN4O2/c1-3-20(28)27(2)18-9-6-15(7-10-18)19-11-8-17(14-25-19)22(29)26-13-16-5-4-12-24-21(16)23/h4-12,14H,3,13H2,1-2H3,(H,26,29). The van der Waals surface area contributed by atoms with Gasteiger partial charge in [-0.25, -0.2) is 4.98 Å². The Bertz CT molecular complexity index is 1000. The number of amides is 2. The lowest BCUT2D eigenvalue weighted by atomic mass is 10.1. The fraction of sp³-hybridized carbons (Fsp3) is 0.182. The summed E-state index contributed by atoms with van der Waals surface area (Å²) in [5.74, 6) is -0.183. The molecular weight excluding hydrogens is 388 g/mol. The monoisotopic (exact) mass is 408 g/mol. The lowest BCUT2D eigenvalue weighted by Gasteiger charge is -2.16. The zero-order valence-corrected chi connectivity index (χ0v) is 17.0. The first kappa shape index (κ1) is 20.5. The summed E-state index contributed by atoms with van der Waals surface area (Å²) in [6.07, 6.45) is 3.59. The van der Waals surface area contributed by atoms with E-state index in [1.165, 1.54) is 6.20 Å². The van der Waals surface area contributed by atoms with Gasteiger partial charge in [0.15, 0.2) is 0 Å². The number of carbonyl (C=O) groups is 2. The molecule has 0 fully saturated rings. The predicted molar refractivity (Wildman–Crippen MR) is 114 cm³/mol. The molecule has 0 saturated carbocycles. The van der Waals surface area contributed by atoms with Crippen LogP contribution in [0.15, 0.2) is 60.9 Å². The quantitative estimate of drug-likeness (QED) is 0.623. The van der Waals surface area contributed by atoms with Crippen LogP contribution in [0.25, 0.3) is 11.3 Å². The van der Waals surface area contributed by atoms with Crippen LogP contribution < -0.4 is 10.2 Å². The summed E-state index contributed by atoms with van der Waals surface area (Å²) in [5, 5.41) is 3.18. The van der Waals surface area contributed by atoms with Gasteiger partial charge in [-0.2, -0.15) is 0 Å². The normalized spacial score (nSPS) is 10.4. The van der Waals surface area contributed by atoms with Gasteiger partial charge in [0.05, 0.1) is 11.3 Å². The highest BCUT2D eigenvalue weighted by molar-refractivity contribution is 6.30. The number of halogens is 1. The highest BCUT2D eigenvalue weighted by Crippen LogP contribution is 2.22. The van der Waals surface area contributed by atoms with Gasteiger partial charge in [-0.3, -0.25) is 14.6 Å². The number of anilines is 1. The van der Waals surface area contributed by atoms with E-state index in [9.17, 15) is 9.59 Å². The van der Waals surface area contributed by atoms with Crippen molar-refractivity contribution in [3.05, 3.63) is 77.2 Å². The zero-order valence-electron chi connectivity index (χ0n) is 16.2. The van der Waals surface area contributed by atoms with Gasteiger partial charge in [-0.05, 0) is 30.3 Å². The van der Waals surface area contributed by atoms with Crippen LogP contribution in [0.3, 0.4) is 0 Å². The van der Waals surface area contributed by atoms with Crippen molar-refractivity contribution in [2.24, 2.45) is 0 Å². The Morgan fingerprint density at radius 2 is 1.83 bits per heavy atom. The van der Waals surface area contributed by atoms with Gasteiger partial charge in [0.1, 0.15) is 5.15 Å². The van der Waals surface area contributed by atoms with E-state index in [1.807, 2.05) is 37.3 Å². The van der Waals surface area contributed by atoms with Crippen molar-refractivity contribution in [2.75, 3.05) is 11.9 Å². The fourth-order valence-electron chi connectivity index (χ4n) is 2.76. The zero-order chi connectivity index (χ0) is 20.8. The van der Waals surface area contributed by atoms with Gasteiger partial charge in [0.25, 0.3) is 5.91 Å². The van der Waals surface area contributed by atoms with Gasteiger partial charge >= 0.3 is 0 Å². The highest BCUT2D eigenvalue weighted by Gasteiger charge is 2.10. The van der Waals surface area contributed by atoms with Gasteiger partial charge in [-0.15, -0.1) is 0 Å². The number of benzene rings is 1. The van der Waals surface area contributed by atoms with Crippen LogP contribution in [0.5, 0.6) is 0 Å². The Morgan fingerprint density at radius 1 is 1.07 bits per heavy atom. The third kappa shape index (κ3) is 4.97. The van der Waals surface area contributed by atoms with E-state index in [4.69, 9.17) is 11.6 Å². The number of nitrogens with one attached hydrogen (secondary N) is 1. The van der Waals surface area contributed by atoms with E-state index < -0.39 is 0 Å². The molecule has 0 aliphatic heterocycles. The average molecular weight is 409 g/mol. The van der Waals surface area contributed by atoms with Crippen molar-refractivity contribution in [2.45, 2.75) is 19.9 Å². The molecular formula is C22H21ClN4O2. The molecule has 2 aromatic heterocycles. The molecule has 2 amide bonds.